The Kier molecular flexibility index (Phi) is 5.59. The molecule has 1 fully saturated rings. The van der Waals surface area contributed by atoms with Crippen LogP contribution in [0, 0.1) is 0 Å². The van der Waals surface area contributed by atoms with Gasteiger partial charge in [-0.1, -0.05) is 29.8 Å². The molecule has 3 aromatic rings. The maximum Gasteiger partial charge on any atom is 0.283 e. The van der Waals surface area contributed by atoms with Gasteiger partial charge in [0.15, 0.2) is 5.82 Å². The van der Waals surface area contributed by atoms with Crippen LogP contribution >= 0.6 is 11.6 Å². The van der Waals surface area contributed by atoms with Gasteiger partial charge in [0, 0.05) is 18.9 Å². The van der Waals surface area contributed by atoms with Crippen molar-refractivity contribution in [1.29, 1.82) is 0 Å². The van der Waals surface area contributed by atoms with Gasteiger partial charge in [-0.05, 0) is 24.3 Å². The minimum Gasteiger partial charge on any atom is -0.340 e. The summed E-state index contributed by atoms with van der Waals surface area (Å²) in [5, 5.41) is 3.73. The van der Waals surface area contributed by atoms with Gasteiger partial charge in [0.2, 0.25) is 0 Å². The van der Waals surface area contributed by atoms with Gasteiger partial charge in [-0.2, -0.15) is 12.5 Å². The first-order valence-corrected chi connectivity index (χ1v) is 11.4. The van der Waals surface area contributed by atoms with Crippen LogP contribution in [0.5, 0.6) is 0 Å². The van der Waals surface area contributed by atoms with Crippen LogP contribution in [0.3, 0.4) is 0 Å². The van der Waals surface area contributed by atoms with Crippen molar-refractivity contribution in [3.05, 3.63) is 53.1 Å². The zero-order valence-electron chi connectivity index (χ0n) is 16.8. The second-order valence-corrected chi connectivity index (χ2v) is 9.98. The van der Waals surface area contributed by atoms with Gasteiger partial charge in [0.25, 0.3) is 28.3 Å². The van der Waals surface area contributed by atoms with Crippen molar-refractivity contribution in [2.45, 2.75) is 42.6 Å². The van der Waals surface area contributed by atoms with Gasteiger partial charge in [-0.15, -0.1) is 5.10 Å². The number of halogens is 7. The molecule has 2 aromatic carbocycles. The van der Waals surface area contributed by atoms with E-state index in [-0.39, 0.29) is 15.9 Å². The fourth-order valence-electron chi connectivity index (χ4n) is 3.79. The largest absolute Gasteiger partial charge is 0.340 e. The molecule has 1 atom stereocenters. The van der Waals surface area contributed by atoms with E-state index in [9.17, 15) is 34.8 Å². The number of hydrogen-bond donors (Lipinski definition) is 0. The van der Waals surface area contributed by atoms with E-state index >= 15 is 0 Å². The summed E-state index contributed by atoms with van der Waals surface area (Å²) >= 11 is 6.19. The number of hydrogen-bond acceptors (Lipinski definition) is 4. The number of rotatable bonds is 5. The highest BCUT2D eigenvalue weighted by atomic mass is 35.5. The molecule has 1 saturated heterocycles. The standard InChI is InChI=1S/C20H16ClF6N3O2S/c1-19(24,25)11-5-7-12(8-6-11)33(31,32)30-14-4-2-3-13(21)16(14)18(28-30)29-10-20(26,27)9-15(29)17(22)23/h2-8,15,17H,9-10H2,1H3/t15-/m0/s1. The molecular formula is C20H16ClF6N3O2S. The lowest BCUT2D eigenvalue weighted by molar-refractivity contribution is 0.0111. The highest BCUT2D eigenvalue weighted by Gasteiger charge is 2.50. The molecule has 0 N–H and O–H groups in total. The lowest BCUT2D eigenvalue weighted by Gasteiger charge is -2.23. The predicted octanol–water partition coefficient (Wildman–Crippen LogP) is 5.52. The molecule has 0 radical (unpaired) electrons. The molecule has 4 rings (SSSR count). The molecule has 0 bridgehead atoms. The number of fused-ring (bicyclic) bond motifs is 1. The normalized spacial score (nSPS) is 19.1. The van der Waals surface area contributed by atoms with E-state index in [1.165, 1.54) is 18.2 Å². The first kappa shape index (κ1) is 23.7. The molecule has 1 aliphatic heterocycles. The number of alkyl halides is 6. The monoisotopic (exact) mass is 511 g/mol. The zero-order chi connectivity index (χ0) is 24.3. The van der Waals surface area contributed by atoms with Crippen LogP contribution in [0.25, 0.3) is 10.9 Å². The van der Waals surface area contributed by atoms with Crippen molar-refractivity contribution in [3.8, 4) is 0 Å². The third kappa shape index (κ3) is 4.14. The molecule has 1 aromatic heterocycles. The Hall–Kier alpha value is -2.47. The number of benzene rings is 2. The third-order valence-electron chi connectivity index (χ3n) is 5.37. The minimum absolute atomic E-state index is 0.0758. The van der Waals surface area contributed by atoms with E-state index in [4.69, 9.17) is 11.6 Å². The van der Waals surface area contributed by atoms with Gasteiger partial charge < -0.3 is 4.90 Å². The molecular weight excluding hydrogens is 496 g/mol. The quantitative estimate of drug-likeness (QED) is 0.423. The molecule has 0 saturated carbocycles. The van der Waals surface area contributed by atoms with Crippen LogP contribution in [-0.2, 0) is 15.9 Å². The summed E-state index contributed by atoms with van der Waals surface area (Å²) in [6, 6.07) is 5.87. The summed E-state index contributed by atoms with van der Waals surface area (Å²) in [7, 11) is -4.52. The van der Waals surface area contributed by atoms with E-state index in [0.717, 1.165) is 24.3 Å². The molecule has 0 unspecified atom stereocenters. The summed E-state index contributed by atoms with van der Waals surface area (Å²) in [6.45, 7) is -0.448. The molecule has 178 valence electrons. The summed E-state index contributed by atoms with van der Waals surface area (Å²) in [6.07, 6.45) is -4.29. The summed E-state index contributed by atoms with van der Waals surface area (Å²) in [5.74, 6) is -7.08. The Bertz CT molecular complexity index is 1310. The van der Waals surface area contributed by atoms with Crippen LogP contribution < -0.4 is 4.90 Å². The average Bonchev–Trinajstić information content (AvgIpc) is 3.26. The molecule has 0 aliphatic carbocycles. The maximum atomic E-state index is 14.0. The smallest absolute Gasteiger partial charge is 0.283 e. The first-order chi connectivity index (χ1) is 15.2. The number of nitrogens with zero attached hydrogens (tertiary/aromatic N) is 3. The molecule has 33 heavy (non-hydrogen) atoms. The van der Waals surface area contributed by atoms with Crippen LogP contribution in [0.4, 0.5) is 32.2 Å². The summed E-state index contributed by atoms with van der Waals surface area (Å²) in [5.41, 5.74) is -0.555. The van der Waals surface area contributed by atoms with E-state index < -0.39 is 63.6 Å². The van der Waals surface area contributed by atoms with E-state index in [2.05, 4.69) is 5.10 Å². The van der Waals surface area contributed by atoms with Crippen molar-refractivity contribution in [2.24, 2.45) is 0 Å². The Labute approximate surface area is 189 Å². The van der Waals surface area contributed by atoms with Gasteiger partial charge in [0.1, 0.15) is 0 Å². The van der Waals surface area contributed by atoms with Crippen molar-refractivity contribution in [3.63, 3.8) is 0 Å². The van der Waals surface area contributed by atoms with Crippen molar-refractivity contribution < 1.29 is 34.8 Å². The third-order valence-corrected chi connectivity index (χ3v) is 7.28. The molecule has 0 spiro atoms. The van der Waals surface area contributed by atoms with E-state index in [1.807, 2.05) is 0 Å². The zero-order valence-corrected chi connectivity index (χ0v) is 18.4. The van der Waals surface area contributed by atoms with E-state index in [0.29, 0.717) is 15.9 Å². The Balaban J connectivity index is 1.89. The second kappa shape index (κ2) is 7.79. The van der Waals surface area contributed by atoms with Crippen LogP contribution in [0.2, 0.25) is 5.02 Å². The Morgan fingerprint density at radius 2 is 1.79 bits per heavy atom. The highest BCUT2D eigenvalue weighted by Crippen LogP contribution is 2.42. The van der Waals surface area contributed by atoms with E-state index in [1.54, 1.807) is 0 Å². The highest BCUT2D eigenvalue weighted by molar-refractivity contribution is 7.90. The SMILES string of the molecule is CC(F)(F)c1ccc(S(=O)(=O)n2nc(N3CC(F)(F)C[C@H]3C(F)F)c3c(Cl)cccc32)cc1. The van der Waals surface area contributed by atoms with Crippen LogP contribution in [0.1, 0.15) is 18.9 Å². The van der Waals surface area contributed by atoms with Crippen molar-refractivity contribution in [1.82, 2.24) is 9.19 Å². The van der Waals surface area contributed by atoms with Crippen LogP contribution in [0.15, 0.2) is 47.4 Å². The Morgan fingerprint density at radius 1 is 1.15 bits per heavy atom. The topological polar surface area (TPSA) is 55.2 Å². The lowest BCUT2D eigenvalue weighted by atomic mass is 10.1. The second-order valence-electron chi connectivity index (χ2n) is 7.81. The van der Waals surface area contributed by atoms with Gasteiger partial charge in [-0.25, -0.2) is 26.3 Å². The van der Waals surface area contributed by atoms with Crippen molar-refractivity contribution >= 4 is 38.3 Å². The Morgan fingerprint density at radius 3 is 2.36 bits per heavy atom. The number of aromatic nitrogens is 2. The summed E-state index contributed by atoms with van der Waals surface area (Å²) in [4.78, 5) is 0.245. The van der Waals surface area contributed by atoms with Gasteiger partial charge in [0.05, 0.1) is 33.4 Å². The molecule has 2 heterocycles. The van der Waals surface area contributed by atoms with Gasteiger partial charge >= 0.3 is 0 Å². The fourth-order valence-corrected chi connectivity index (χ4v) is 5.32. The molecule has 13 heteroatoms. The van der Waals surface area contributed by atoms with Gasteiger partial charge in [-0.3, -0.25) is 0 Å². The molecule has 0 amide bonds. The average molecular weight is 512 g/mol. The lowest BCUT2D eigenvalue weighted by Crippen LogP contribution is -2.36. The fraction of sp³-hybridized carbons (Fsp3) is 0.350. The van der Waals surface area contributed by atoms with Crippen LogP contribution in [-0.4, -0.2) is 42.5 Å². The summed E-state index contributed by atoms with van der Waals surface area (Å²) < 4.78 is 109. The molecule has 5 nitrogen and oxygen atoms in total. The maximum absolute atomic E-state index is 14.0. The minimum atomic E-state index is -4.52. The first-order valence-electron chi connectivity index (χ1n) is 9.56. The molecule has 1 aliphatic rings. The van der Waals surface area contributed by atoms with Crippen molar-refractivity contribution in [2.75, 3.05) is 11.4 Å². The number of anilines is 1. The predicted molar refractivity (Wildman–Crippen MR) is 110 cm³/mol.